The summed E-state index contributed by atoms with van der Waals surface area (Å²) in [5, 5.41) is 37.4. The summed E-state index contributed by atoms with van der Waals surface area (Å²) >= 11 is 0. The van der Waals surface area contributed by atoms with Gasteiger partial charge in [0.2, 0.25) is 0 Å². The highest BCUT2D eigenvalue weighted by atomic mass is 16.7. The van der Waals surface area contributed by atoms with Gasteiger partial charge in [-0.05, 0) is 0 Å². The minimum absolute atomic E-state index is 0.878. The average molecular weight is 200 g/mol. The van der Waals surface area contributed by atoms with E-state index in [0.29, 0.717) is 0 Å². The molecule has 1 saturated heterocycles. The first kappa shape index (κ1) is 7.10. The molecule has 6 heteroatoms. The molecule has 0 aromatic rings. The largest absolute Gasteiger partial charge is 0.394 e. The standard InChI is InChI=1S/C7H14O6/c1-12-7-6(11)5(10)4(9)3(2-8)13-7/h3-11H,2H2,1H3/t3-,4+,5+,6-,7-/m1/s1/i4T,5T,6T. The molecular formula is C7H14O6. The maximum atomic E-state index is 9.55. The molecule has 4 N–H and O–H groups in total. The van der Waals surface area contributed by atoms with Gasteiger partial charge >= 0.3 is 0 Å². The first-order valence-electron chi connectivity index (χ1n) is 5.09. The van der Waals surface area contributed by atoms with E-state index in [1.807, 2.05) is 0 Å². The molecule has 0 aliphatic carbocycles. The van der Waals surface area contributed by atoms with Gasteiger partial charge in [0.15, 0.2) is 6.29 Å². The Labute approximate surface area is 79.5 Å². The van der Waals surface area contributed by atoms with Gasteiger partial charge in [-0.25, -0.2) is 0 Å². The van der Waals surface area contributed by atoms with Crippen molar-refractivity contribution in [3.8, 4) is 0 Å². The lowest BCUT2D eigenvalue weighted by molar-refractivity contribution is -0.294. The Morgan fingerprint density at radius 1 is 1.31 bits per heavy atom. The van der Waals surface area contributed by atoms with Gasteiger partial charge in [0.25, 0.3) is 0 Å². The van der Waals surface area contributed by atoms with E-state index in [1.165, 1.54) is 0 Å². The molecule has 1 aliphatic heterocycles. The predicted molar refractivity (Wildman–Crippen MR) is 40.8 cm³/mol. The zero-order chi connectivity index (χ0) is 12.8. The summed E-state index contributed by atoms with van der Waals surface area (Å²) in [6.45, 7) is -0.878. The maximum Gasteiger partial charge on any atom is 0.186 e. The van der Waals surface area contributed by atoms with E-state index in [4.69, 9.17) is 14.0 Å². The van der Waals surface area contributed by atoms with Crippen molar-refractivity contribution in [3.63, 3.8) is 0 Å². The van der Waals surface area contributed by atoms with Crippen LogP contribution in [0.5, 0.6) is 0 Å². The van der Waals surface area contributed by atoms with Crippen LogP contribution >= 0.6 is 0 Å². The number of hydrogen-bond donors (Lipinski definition) is 4. The highest BCUT2D eigenvalue weighted by Crippen LogP contribution is 2.20. The lowest BCUT2D eigenvalue weighted by atomic mass is 9.99. The van der Waals surface area contributed by atoms with Gasteiger partial charge in [-0.1, -0.05) is 0 Å². The van der Waals surface area contributed by atoms with Crippen molar-refractivity contribution in [2.24, 2.45) is 0 Å². The zero-order valence-electron chi connectivity index (χ0n) is 9.97. The lowest BCUT2D eigenvalue weighted by Crippen LogP contribution is -2.58. The quantitative estimate of drug-likeness (QED) is 0.391. The topological polar surface area (TPSA) is 99.4 Å². The van der Waals surface area contributed by atoms with Crippen LogP contribution < -0.4 is 0 Å². The van der Waals surface area contributed by atoms with Crippen LogP contribution in [0.25, 0.3) is 0 Å². The van der Waals surface area contributed by atoms with E-state index in [2.05, 4.69) is 4.74 Å². The first-order chi connectivity index (χ1) is 7.12. The summed E-state index contributed by atoms with van der Waals surface area (Å²) in [5.41, 5.74) is 0. The van der Waals surface area contributed by atoms with Crippen LogP contribution in [0.3, 0.4) is 0 Å². The number of aliphatic hydroxyl groups is 4. The average Bonchev–Trinajstić information content (AvgIpc) is 2.16. The van der Waals surface area contributed by atoms with Crippen molar-refractivity contribution in [3.05, 3.63) is 0 Å². The summed E-state index contributed by atoms with van der Waals surface area (Å²) < 4.78 is 31.2. The summed E-state index contributed by atoms with van der Waals surface area (Å²) in [6.07, 6.45) is -12.9. The van der Waals surface area contributed by atoms with Crippen LogP contribution in [0, 0.1) is 0 Å². The van der Waals surface area contributed by atoms with Crippen molar-refractivity contribution in [1.82, 2.24) is 0 Å². The van der Waals surface area contributed by atoms with Crippen molar-refractivity contribution in [2.75, 3.05) is 13.7 Å². The molecule has 1 heterocycles. The fraction of sp³-hybridized carbons (Fsp3) is 1.00. The smallest absolute Gasteiger partial charge is 0.186 e. The molecule has 5 atom stereocenters. The minimum Gasteiger partial charge on any atom is -0.394 e. The van der Waals surface area contributed by atoms with Crippen molar-refractivity contribution < 1.29 is 34.0 Å². The molecule has 1 fully saturated rings. The van der Waals surface area contributed by atoms with Crippen LogP contribution in [0.4, 0.5) is 0 Å². The Morgan fingerprint density at radius 3 is 2.38 bits per heavy atom. The molecule has 0 aromatic heterocycles. The number of aliphatic hydroxyl groups excluding tert-OH is 1. The van der Waals surface area contributed by atoms with E-state index < -0.39 is 37.2 Å². The van der Waals surface area contributed by atoms with Crippen molar-refractivity contribution in [1.29, 1.82) is 0 Å². The molecule has 0 aromatic carbocycles. The highest BCUT2D eigenvalue weighted by molar-refractivity contribution is 4.88. The van der Waals surface area contributed by atoms with Crippen molar-refractivity contribution in [2.45, 2.75) is 30.6 Å². The molecule has 0 spiro atoms. The summed E-state index contributed by atoms with van der Waals surface area (Å²) in [7, 11) is 1.04. The van der Waals surface area contributed by atoms with Crippen LogP contribution in [-0.4, -0.2) is 64.8 Å². The number of rotatable bonds is 2. The van der Waals surface area contributed by atoms with E-state index in [1.54, 1.807) is 0 Å². The van der Waals surface area contributed by atoms with Crippen molar-refractivity contribution >= 4 is 0 Å². The van der Waals surface area contributed by atoms with E-state index in [-0.39, 0.29) is 0 Å². The van der Waals surface area contributed by atoms with Gasteiger partial charge in [-0.3, -0.25) is 0 Å². The highest BCUT2D eigenvalue weighted by Gasteiger charge is 2.43. The van der Waals surface area contributed by atoms with Crippen LogP contribution in [0.1, 0.15) is 4.11 Å². The molecule has 0 amide bonds. The molecule has 0 radical (unpaired) electrons. The van der Waals surface area contributed by atoms with Gasteiger partial charge in [-0.2, -0.15) is 0 Å². The molecular weight excluding hydrogens is 180 g/mol. The van der Waals surface area contributed by atoms with E-state index in [9.17, 15) is 15.3 Å². The Kier molecular flexibility index (Phi) is 2.36. The fourth-order valence-electron chi connectivity index (χ4n) is 0.970. The Morgan fingerprint density at radius 2 is 1.92 bits per heavy atom. The summed E-state index contributed by atoms with van der Waals surface area (Å²) in [6, 6.07) is 0. The Balaban J connectivity index is 3.18. The van der Waals surface area contributed by atoms with Gasteiger partial charge in [-0.15, -0.1) is 0 Å². The second-order valence-electron chi connectivity index (χ2n) is 2.49. The zero-order valence-corrected chi connectivity index (χ0v) is 6.97. The molecule has 1 aliphatic rings. The third-order valence-corrected chi connectivity index (χ3v) is 1.68. The van der Waals surface area contributed by atoms with Gasteiger partial charge in [0, 0.05) is 7.11 Å². The predicted octanol–water partition coefficient (Wildman–Crippen LogP) is -2.57. The number of hydrogen-bond acceptors (Lipinski definition) is 6. The Hall–Kier alpha value is -0.240. The molecule has 0 unspecified atom stereocenters. The second kappa shape index (κ2) is 4.32. The van der Waals surface area contributed by atoms with E-state index in [0.717, 1.165) is 7.11 Å². The third kappa shape index (κ3) is 1.98. The van der Waals surface area contributed by atoms with Crippen LogP contribution in [0.2, 0.25) is 0 Å². The van der Waals surface area contributed by atoms with Crippen LogP contribution in [0.15, 0.2) is 0 Å². The first-order valence-corrected chi connectivity index (χ1v) is 3.59. The monoisotopic (exact) mass is 200 g/mol. The second-order valence-corrected chi connectivity index (χ2v) is 2.49. The molecule has 6 nitrogen and oxygen atoms in total. The fourth-order valence-corrected chi connectivity index (χ4v) is 0.970. The molecule has 13 heavy (non-hydrogen) atoms. The SMILES string of the molecule is [3H][C@@]1(O)[C@@]([3H])(O)[C@H](OC)O[C@H](CO)[C@]1([3H])O. The summed E-state index contributed by atoms with van der Waals surface area (Å²) in [4.78, 5) is 0. The van der Waals surface area contributed by atoms with Gasteiger partial charge in [0.05, 0.1) is 10.7 Å². The van der Waals surface area contributed by atoms with E-state index >= 15 is 0 Å². The molecule has 1 rings (SSSR count). The third-order valence-electron chi connectivity index (χ3n) is 1.68. The number of methoxy groups -OCH3 is 1. The Bertz CT molecular complexity index is 245. The number of ether oxygens (including phenoxy) is 2. The molecule has 0 saturated carbocycles. The lowest BCUT2D eigenvalue weighted by Gasteiger charge is -2.38. The maximum absolute atomic E-state index is 9.55. The summed E-state index contributed by atoms with van der Waals surface area (Å²) in [5.74, 6) is 0. The minimum atomic E-state index is -3.30. The van der Waals surface area contributed by atoms with Gasteiger partial charge in [0.1, 0.15) is 24.3 Å². The van der Waals surface area contributed by atoms with Crippen LogP contribution in [-0.2, 0) is 9.47 Å². The van der Waals surface area contributed by atoms with Gasteiger partial charge < -0.3 is 29.9 Å². The molecule has 78 valence electrons. The normalized spacial score (nSPS) is 66.7. The molecule has 0 bridgehead atoms.